The number of nitrogens with zero attached hydrogens (tertiary/aromatic N) is 1. The molecule has 2 heterocycles. The summed E-state index contributed by atoms with van der Waals surface area (Å²) < 4.78 is 5.56. The number of carbonyl (C=O) groups is 1. The molecule has 0 spiro atoms. The molecule has 1 aromatic heterocycles. The molecule has 3 rings (SSSR count). The van der Waals surface area contributed by atoms with Crippen molar-refractivity contribution in [2.45, 2.75) is 38.8 Å². The van der Waals surface area contributed by atoms with E-state index in [1.54, 1.807) is 0 Å². The van der Waals surface area contributed by atoms with Gasteiger partial charge in [-0.2, -0.15) is 0 Å². The van der Waals surface area contributed by atoms with Crippen LogP contribution in [0.3, 0.4) is 0 Å². The van der Waals surface area contributed by atoms with Crippen molar-refractivity contribution in [2.75, 3.05) is 13.1 Å². The molecule has 25 heavy (non-hydrogen) atoms. The van der Waals surface area contributed by atoms with E-state index in [4.69, 9.17) is 4.42 Å². The fraction of sp³-hybridized carbons (Fsp3) is 0.450. The Labute approximate surface area is 148 Å². The maximum Gasteiger partial charge on any atom is 0.317 e. The summed E-state index contributed by atoms with van der Waals surface area (Å²) in [6.07, 6.45) is 1.14. The van der Waals surface area contributed by atoms with Gasteiger partial charge in [0.05, 0.1) is 12.1 Å². The molecule has 2 N–H and O–H groups in total. The van der Waals surface area contributed by atoms with Crippen LogP contribution in [0.25, 0.3) is 0 Å². The van der Waals surface area contributed by atoms with Gasteiger partial charge in [-0.05, 0) is 50.3 Å². The lowest BCUT2D eigenvalue weighted by Crippen LogP contribution is -2.45. The van der Waals surface area contributed by atoms with Gasteiger partial charge in [0.2, 0.25) is 0 Å². The van der Waals surface area contributed by atoms with Crippen LogP contribution in [0.5, 0.6) is 0 Å². The highest BCUT2D eigenvalue weighted by Gasteiger charge is 2.28. The summed E-state index contributed by atoms with van der Waals surface area (Å²) in [5.74, 6) is 1.80. The second kappa shape index (κ2) is 7.74. The minimum atomic E-state index is -0.462. The predicted octanol–water partition coefficient (Wildman–Crippen LogP) is 3.80. The first-order chi connectivity index (χ1) is 12.0. The van der Waals surface area contributed by atoms with Crippen molar-refractivity contribution in [1.29, 1.82) is 0 Å². The quantitative estimate of drug-likeness (QED) is 0.888. The van der Waals surface area contributed by atoms with E-state index in [0.29, 0.717) is 13.1 Å². The predicted molar refractivity (Wildman–Crippen MR) is 96.1 cm³/mol. The minimum Gasteiger partial charge on any atom is -0.464 e. The first-order valence-electron chi connectivity index (χ1n) is 8.89. The third-order valence-corrected chi connectivity index (χ3v) is 4.94. The molecule has 2 unspecified atom stereocenters. The third-order valence-electron chi connectivity index (χ3n) is 4.94. The Kier molecular flexibility index (Phi) is 5.43. The summed E-state index contributed by atoms with van der Waals surface area (Å²) in [5, 5.41) is 13.5. The van der Waals surface area contributed by atoms with Crippen LogP contribution < -0.4 is 5.32 Å². The lowest BCUT2D eigenvalue weighted by atomic mass is 9.87. The van der Waals surface area contributed by atoms with Crippen molar-refractivity contribution in [3.8, 4) is 0 Å². The first-order valence-corrected chi connectivity index (χ1v) is 8.89. The van der Waals surface area contributed by atoms with Gasteiger partial charge >= 0.3 is 6.03 Å². The minimum absolute atomic E-state index is 0.0748. The number of aliphatic hydroxyl groups is 1. The van der Waals surface area contributed by atoms with E-state index < -0.39 is 6.10 Å². The second-order valence-electron chi connectivity index (χ2n) is 6.80. The molecule has 0 aliphatic carbocycles. The molecule has 2 atom stereocenters. The van der Waals surface area contributed by atoms with Gasteiger partial charge in [-0.25, -0.2) is 4.79 Å². The van der Waals surface area contributed by atoms with Crippen LogP contribution in [0.1, 0.15) is 49.0 Å². The van der Waals surface area contributed by atoms with Crippen LogP contribution in [-0.2, 0) is 0 Å². The topological polar surface area (TPSA) is 65.7 Å². The molecule has 0 bridgehead atoms. The zero-order valence-electron chi connectivity index (χ0n) is 14.8. The van der Waals surface area contributed by atoms with Crippen LogP contribution in [0.15, 0.2) is 46.9 Å². The zero-order chi connectivity index (χ0) is 17.8. The summed E-state index contributed by atoms with van der Waals surface area (Å²) in [5.41, 5.74) is 0.951. The van der Waals surface area contributed by atoms with Gasteiger partial charge in [-0.3, -0.25) is 0 Å². The summed E-state index contributed by atoms with van der Waals surface area (Å²) in [6.45, 7) is 5.12. The second-order valence-corrected chi connectivity index (χ2v) is 6.80. The van der Waals surface area contributed by atoms with Gasteiger partial charge in [-0.15, -0.1) is 0 Å². The van der Waals surface area contributed by atoms with E-state index in [9.17, 15) is 9.90 Å². The van der Waals surface area contributed by atoms with Gasteiger partial charge < -0.3 is 19.7 Å². The van der Waals surface area contributed by atoms with Crippen molar-refractivity contribution >= 4 is 6.03 Å². The number of aryl methyl sites for hydroxylation is 1. The number of hydrogen-bond donors (Lipinski definition) is 2. The summed E-state index contributed by atoms with van der Waals surface area (Å²) in [7, 11) is 0. The number of nitrogens with one attached hydrogen (secondary N) is 1. The number of urea groups is 1. The van der Waals surface area contributed by atoms with Gasteiger partial charge in [0.25, 0.3) is 0 Å². The van der Waals surface area contributed by atoms with Crippen LogP contribution in [0.4, 0.5) is 4.79 Å². The lowest BCUT2D eigenvalue weighted by Gasteiger charge is -2.34. The molecule has 1 saturated heterocycles. The number of furan rings is 1. The Morgan fingerprint density at radius 1 is 1.20 bits per heavy atom. The van der Waals surface area contributed by atoms with E-state index >= 15 is 0 Å². The Morgan fingerprint density at radius 3 is 2.48 bits per heavy atom. The summed E-state index contributed by atoms with van der Waals surface area (Å²) >= 11 is 0. The van der Waals surface area contributed by atoms with E-state index in [2.05, 4.69) is 5.32 Å². The highest BCUT2D eigenvalue weighted by molar-refractivity contribution is 5.74. The molecule has 5 nitrogen and oxygen atoms in total. The van der Waals surface area contributed by atoms with Gasteiger partial charge in [0.15, 0.2) is 0 Å². The Hall–Kier alpha value is -2.27. The SMILES string of the molecule is Cc1ccc(C(C)NC(=O)N2CCC(C(O)c3ccccc3)CC2)o1. The molecule has 1 aliphatic heterocycles. The van der Waals surface area contributed by atoms with Crippen molar-refractivity contribution in [3.05, 3.63) is 59.5 Å². The smallest absolute Gasteiger partial charge is 0.317 e. The lowest BCUT2D eigenvalue weighted by molar-refractivity contribution is 0.0661. The molecule has 1 aromatic carbocycles. The number of piperidine rings is 1. The van der Waals surface area contributed by atoms with Crippen LogP contribution in [0.2, 0.25) is 0 Å². The van der Waals surface area contributed by atoms with Gasteiger partial charge in [-0.1, -0.05) is 30.3 Å². The van der Waals surface area contributed by atoms with Crippen molar-refractivity contribution in [2.24, 2.45) is 5.92 Å². The van der Waals surface area contributed by atoms with E-state index in [0.717, 1.165) is 29.9 Å². The summed E-state index contributed by atoms with van der Waals surface area (Å²) in [4.78, 5) is 14.3. The molecular formula is C20H26N2O3. The maximum atomic E-state index is 12.4. The number of hydrogen-bond acceptors (Lipinski definition) is 3. The van der Waals surface area contributed by atoms with Crippen LogP contribution >= 0.6 is 0 Å². The number of rotatable bonds is 4. The molecular weight excluding hydrogens is 316 g/mol. The van der Waals surface area contributed by atoms with Crippen molar-refractivity contribution < 1.29 is 14.3 Å². The summed E-state index contributed by atoms with van der Waals surface area (Å²) in [6, 6.07) is 13.3. The Balaban J connectivity index is 1.51. The first kappa shape index (κ1) is 17.5. The molecule has 2 aromatic rings. The van der Waals surface area contributed by atoms with Gasteiger partial charge in [0, 0.05) is 13.1 Å². The highest BCUT2D eigenvalue weighted by Crippen LogP contribution is 2.30. The average Bonchev–Trinajstić information content (AvgIpc) is 3.08. The number of aliphatic hydroxyl groups excluding tert-OH is 1. The Morgan fingerprint density at radius 2 is 1.88 bits per heavy atom. The van der Waals surface area contributed by atoms with E-state index in [-0.39, 0.29) is 18.0 Å². The molecule has 2 amide bonds. The molecule has 1 aliphatic rings. The number of likely N-dealkylation sites (tertiary alicyclic amines) is 1. The van der Waals surface area contributed by atoms with Crippen LogP contribution in [0, 0.1) is 12.8 Å². The van der Waals surface area contributed by atoms with E-state index in [1.165, 1.54) is 0 Å². The molecule has 0 saturated carbocycles. The van der Waals surface area contributed by atoms with Crippen LogP contribution in [-0.4, -0.2) is 29.1 Å². The number of benzene rings is 1. The van der Waals surface area contributed by atoms with Gasteiger partial charge in [0.1, 0.15) is 11.5 Å². The standard InChI is InChI=1S/C20H26N2O3/c1-14-8-9-18(25-14)15(2)21-20(24)22-12-10-17(11-13-22)19(23)16-6-4-3-5-7-16/h3-9,15,17,19,23H,10-13H2,1-2H3,(H,21,24). The number of amides is 2. The Bertz CT molecular complexity index is 690. The fourth-order valence-electron chi connectivity index (χ4n) is 3.37. The molecule has 134 valence electrons. The monoisotopic (exact) mass is 342 g/mol. The molecule has 0 radical (unpaired) electrons. The average molecular weight is 342 g/mol. The third kappa shape index (κ3) is 4.23. The normalized spacial score (nSPS) is 18.0. The number of carbonyl (C=O) groups excluding carboxylic acids is 1. The zero-order valence-corrected chi connectivity index (χ0v) is 14.8. The fourth-order valence-corrected chi connectivity index (χ4v) is 3.37. The molecule has 5 heteroatoms. The largest absolute Gasteiger partial charge is 0.464 e. The van der Waals surface area contributed by atoms with E-state index in [1.807, 2.05) is 61.2 Å². The van der Waals surface area contributed by atoms with Crippen molar-refractivity contribution in [1.82, 2.24) is 10.2 Å². The highest BCUT2D eigenvalue weighted by atomic mass is 16.3. The maximum absolute atomic E-state index is 12.4. The van der Waals surface area contributed by atoms with Crippen molar-refractivity contribution in [3.63, 3.8) is 0 Å². The molecule has 1 fully saturated rings.